The Bertz CT molecular complexity index is 699. The number of nitrogens with zero attached hydrogens (tertiary/aromatic N) is 1. The van der Waals surface area contributed by atoms with Crippen LogP contribution in [0.15, 0.2) is 0 Å². The van der Waals surface area contributed by atoms with Crippen molar-refractivity contribution in [3.63, 3.8) is 0 Å². The van der Waals surface area contributed by atoms with Gasteiger partial charge in [-0.2, -0.15) is 0 Å². The summed E-state index contributed by atoms with van der Waals surface area (Å²) in [5, 5.41) is 3.49. The van der Waals surface area contributed by atoms with Crippen LogP contribution in [0.2, 0.25) is 0 Å². The molecule has 0 fully saturated rings. The summed E-state index contributed by atoms with van der Waals surface area (Å²) in [6.45, 7) is 25.2. The van der Waals surface area contributed by atoms with Gasteiger partial charge in [-0.25, -0.2) is 0 Å². The molecule has 0 aromatic rings. The zero-order valence-electron chi connectivity index (χ0n) is 36.7. The van der Waals surface area contributed by atoms with Gasteiger partial charge in [0.25, 0.3) is 0 Å². The lowest BCUT2D eigenvalue weighted by Gasteiger charge is -2.23. The molecule has 1 amide bonds. The molecule has 0 aromatic carbocycles. The quantitative estimate of drug-likeness (QED) is 0.0712. The third kappa shape index (κ3) is 33.3. The van der Waals surface area contributed by atoms with Gasteiger partial charge in [0.2, 0.25) is 5.91 Å². The molecule has 0 bridgehead atoms. The summed E-state index contributed by atoms with van der Waals surface area (Å²) < 4.78 is 0. The summed E-state index contributed by atoms with van der Waals surface area (Å²) in [4.78, 5) is 15.1. The Balaban J connectivity index is 4.46. The second-order valence-corrected chi connectivity index (χ2v) is 19.3. The van der Waals surface area contributed by atoms with Crippen molar-refractivity contribution in [1.29, 1.82) is 0 Å². The largest absolute Gasteiger partial charge is 0.353 e. The minimum absolute atomic E-state index is 0.267. The van der Waals surface area contributed by atoms with Crippen molar-refractivity contribution in [2.45, 2.75) is 229 Å². The molecule has 0 aliphatic heterocycles. The van der Waals surface area contributed by atoms with Gasteiger partial charge in [-0.15, -0.1) is 0 Å². The highest BCUT2D eigenvalue weighted by atomic mass is 16.1. The molecule has 0 heterocycles. The molecule has 300 valence electrons. The fourth-order valence-corrected chi connectivity index (χ4v) is 7.99. The van der Waals surface area contributed by atoms with Crippen LogP contribution < -0.4 is 5.32 Å². The summed E-state index contributed by atoms with van der Waals surface area (Å²) in [7, 11) is 4.19. The number of carbonyl (C=O) groups excluding carboxylic acids is 1. The van der Waals surface area contributed by atoms with Crippen LogP contribution in [0.25, 0.3) is 0 Å². The Morgan fingerprint density at radius 3 is 0.960 bits per heavy atom. The third-order valence-corrected chi connectivity index (χ3v) is 11.9. The number of hydrogen-bond acceptors (Lipinski definition) is 2. The summed E-state index contributed by atoms with van der Waals surface area (Å²) >= 11 is 0. The summed E-state index contributed by atoms with van der Waals surface area (Å²) in [6.07, 6.45) is 31.4. The van der Waals surface area contributed by atoms with Crippen LogP contribution in [-0.4, -0.2) is 37.5 Å². The van der Waals surface area contributed by atoms with E-state index < -0.39 is 0 Å². The van der Waals surface area contributed by atoms with Crippen LogP contribution in [0.4, 0.5) is 0 Å². The Hall–Kier alpha value is -0.570. The van der Waals surface area contributed by atoms with E-state index in [1.165, 1.54) is 128 Å². The van der Waals surface area contributed by atoms with Crippen molar-refractivity contribution in [1.82, 2.24) is 10.2 Å². The van der Waals surface area contributed by atoms with Gasteiger partial charge in [-0.3, -0.25) is 4.79 Å². The van der Waals surface area contributed by atoms with E-state index in [2.05, 4.69) is 93.5 Å². The molecular formula is C47H96N2O. The van der Waals surface area contributed by atoms with Crippen molar-refractivity contribution in [2.75, 3.05) is 20.6 Å². The first kappa shape index (κ1) is 49.4. The predicted molar refractivity (Wildman–Crippen MR) is 226 cm³/mol. The smallest absolute Gasteiger partial charge is 0.220 e. The molecule has 0 saturated carbocycles. The molecule has 0 radical (unpaired) electrons. The molecule has 0 saturated heterocycles. The van der Waals surface area contributed by atoms with E-state index in [4.69, 9.17) is 0 Å². The highest BCUT2D eigenvalue weighted by Crippen LogP contribution is 2.26. The minimum atomic E-state index is 0.267. The zero-order chi connectivity index (χ0) is 37.7. The lowest BCUT2D eigenvalue weighted by molar-refractivity contribution is -0.122. The van der Waals surface area contributed by atoms with Crippen LogP contribution in [0.3, 0.4) is 0 Å². The molecule has 0 spiro atoms. The molecule has 3 nitrogen and oxygen atoms in total. The molecule has 0 rings (SSSR count). The van der Waals surface area contributed by atoms with Gasteiger partial charge in [0, 0.05) is 12.5 Å². The first-order valence-corrected chi connectivity index (χ1v) is 22.6. The van der Waals surface area contributed by atoms with Gasteiger partial charge in [-0.1, -0.05) is 185 Å². The maximum Gasteiger partial charge on any atom is 0.220 e. The molecule has 0 aliphatic carbocycles. The van der Waals surface area contributed by atoms with Gasteiger partial charge in [0.15, 0.2) is 0 Å². The second-order valence-electron chi connectivity index (χ2n) is 19.3. The maximum absolute atomic E-state index is 12.9. The van der Waals surface area contributed by atoms with Gasteiger partial charge >= 0.3 is 0 Å². The lowest BCUT2D eigenvalue weighted by Crippen LogP contribution is -2.35. The van der Waals surface area contributed by atoms with Gasteiger partial charge in [0.1, 0.15) is 0 Å². The van der Waals surface area contributed by atoms with Crippen molar-refractivity contribution >= 4 is 5.91 Å². The standard InChI is InChI=1S/C47H96N2O/c1-38(2)20-13-22-40(5)24-15-26-42(7)28-17-30-44(9)33-35-46(48-47(50)32-19-37-49(11)12)36-34-45(10)31-18-29-43(8)27-16-25-41(6)23-14-21-39(3)4/h38-46H,13-37H2,1-12H3,(H,48,50). The molecular weight excluding hydrogens is 609 g/mol. The highest BCUT2D eigenvalue weighted by Gasteiger charge is 2.17. The molecule has 1 N–H and O–H groups in total. The van der Waals surface area contributed by atoms with Crippen molar-refractivity contribution in [3.8, 4) is 0 Å². The number of hydrogen-bond donors (Lipinski definition) is 1. The molecule has 50 heavy (non-hydrogen) atoms. The molecule has 0 aromatic heterocycles. The second kappa shape index (κ2) is 31.9. The van der Waals surface area contributed by atoms with Crippen molar-refractivity contribution < 1.29 is 4.79 Å². The lowest BCUT2D eigenvalue weighted by atomic mass is 9.88. The fourth-order valence-electron chi connectivity index (χ4n) is 7.99. The summed E-state index contributed by atoms with van der Waals surface area (Å²) in [6, 6.07) is 0.342. The Labute approximate surface area is 317 Å². The van der Waals surface area contributed by atoms with E-state index in [0.29, 0.717) is 12.5 Å². The van der Waals surface area contributed by atoms with E-state index >= 15 is 0 Å². The molecule has 6 atom stereocenters. The predicted octanol–water partition coefficient (Wildman–Crippen LogP) is 14.5. The van der Waals surface area contributed by atoms with Gasteiger partial charge in [0.05, 0.1) is 0 Å². The van der Waals surface area contributed by atoms with Crippen LogP contribution in [0, 0.1) is 47.3 Å². The van der Waals surface area contributed by atoms with Gasteiger partial charge < -0.3 is 10.2 Å². The minimum Gasteiger partial charge on any atom is -0.353 e. The third-order valence-electron chi connectivity index (χ3n) is 11.9. The summed E-state index contributed by atoms with van der Waals surface area (Å²) in [5.41, 5.74) is 0. The van der Waals surface area contributed by atoms with E-state index in [0.717, 1.165) is 73.2 Å². The highest BCUT2D eigenvalue weighted by molar-refractivity contribution is 5.76. The number of carbonyl (C=O) groups is 1. The first-order chi connectivity index (χ1) is 23.7. The number of amides is 1. The average molecular weight is 705 g/mol. The zero-order valence-corrected chi connectivity index (χ0v) is 36.7. The van der Waals surface area contributed by atoms with Crippen molar-refractivity contribution in [3.05, 3.63) is 0 Å². The SMILES string of the molecule is CC(C)CCCC(C)CCCC(C)CCCC(C)CCC(CCC(C)CCCC(C)CCCC(C)CCCC(C)C)NC(=O)CCCN(C)C. The van der Waals surface area contributed by atoms with E-state index in [-0.39, 0.29) is 5.91 Å². The number of nitrogens with one attached hydrogen (secondary N) is 1. The fraction of sp³-hybridized carbons (Fsp3) is 0.979. The van der Waals surface area contributed by atoms with Gasteiger partial charge in [-0.05, 0) is 100 Å². The van der Waals surface area contributed by atoms with Crippen LogP contribution in [0.5, 0.6) is 0 Å². The Morgan fingerprint density at radius 2 is 0.680 bits per heavy atom. The molecule has 3 heteroatoms. The van der Waals surface area contributed by atoms with Crippen LogP contribution in [-0.2, 0) is 4.79 Å². The Morgan fingerprint density at radius 1 is 0.400 bits per heavy atom. The Kier molecular flexibility index (Phi) is 31.5. The van der Waals surface area contributed by atoms with Crippen LogP contribution in [0.1, 0.15) is 223 Å². The first-order valence-electron chi connectivity index (χ1n) is 22.6. The maximum atomic E-state index is 12.9. The van der Waals surface area contributed by atoms with E-state index in [1.807, 2.05) is 0 Å². The number of rotatable bonds is 35. The topological polar surface area (TPSA) is 32.3 Å². The normalized spacial score (nSPS) is 16.5. The van der Waals surface area contributed by atoms with Crippen molar-refractivity contribution in [2.24, 2.45) is 47.3 Å². The van der Waals surface area contributed by atoms with Crippen LogP contribution >= 0.6 is 0 Å². The molecule has 6 unspecified atom stereocenters. The monoisotopic (exact) mass is 705 g/mol. The molecule has 0 aliphatic rings. The summed E-state index contributed by atoms with van der Waals surface area (Å²) in [5.74, 6) is 6.97. The van der Waals surface area contributed by atoms with E-state index in [9.17, 15) is 4.79 Å². The van der Waals surface area contributed by atoms with E-state index in [1.54, 1.807) is 0 Å². The average Bonchev–Trinajstić information content (AvgIpc) is 3.01.